The number of aryl methyl sites for hydroxylation is 1. The molecule has 2 aromatic carbocycles. The van der Waals surface area contributed by atoms with Gasteiger partial charge in [0.2, 0.25) is 0 Å². The summed E-state index contributed by atoms with van der Waals surface area (Å²) >= 11 is 0. The summed E-state index contributed by atoms with van der Waals surface area (Å²) in [5, 5.41) is 14.3. The first kappa shape index (κ1) is 20.6. The van der Waals surface area contributed by atoms with Gasteiger partial charge < -0.3 is 15.2 Å². The molecule has 0 saturated carbocycles. The van der Waals surface area contributed by atoms with Gasteiger partial charge in [0.1, 0.15) is 5.75 Å². The van der Waals surface area contributed by atoms with Gasteiger partial charge >= 0.3 is 0 Å². The first-order chi connectivity index (χ1) is 13.4. The van der Waals surface area contributed by atoms with E-state index in [9.17, 15) is 13.5 Å². The van der Waals surface area contributed by atoms with Crippen molar-refractivity contribution in [1.82, 2.24) is 5.32 Å². The first-order valence-corrected chi connectivity index (χ1v) is 11.0. The summed E-state index contributed by atoms with van der Waals surface area (Å²) < 4.78 is 33.6. The smallest absolute Gasteiger partial charge is 0.264 e. The Morgan fingerprint density at radius 2 is 1.93 bits per heavy atom. The van der Waals surface area contributed by atoms with Crippen LogP contribution >= 0.6 is 0 Å². The highest BCUT2D eigenvalue weighted by Gasteiger charge is 2.35. The van der Waals surface area contributed by atoms with Crippen LogP contribution in [-0.4, -0.2) is 39.8 Å². The Kier molecular flexibility index (Phi) is 6.27. The lowest BCUT2D eigenvalue weighted by atomic mass is 10.00. The SMILES string of the molecule is CCCN[C@@H]1CCN(S(=O)(=O)c2ccc(C)cc2)c2cc(OC)ccc2[C@H]1O. The monoisotopic (exact) mass is 404 g/mol. The molecule has 0 radical (unpaired) electrons. The van der Waals surface area contributed by atoms with Crippen LogP contribution in [0.15, 0.2) is 47.4 Å². The van der Waals surface area contributed by atoms with Crippen molar-refractivity contribution >= 4 is 15.7 Å². The molecule has 152 valence electrons. The molecule has 0 spiro atoms. The number of aliphatic hydroxyl groups is 1. The molecule has 1 heterocycles. The third kappa shape index (κ3) is 4.01. The summed E-state index contributed by atoms with van der Waals surface area (Å²) in [6, 6.07) is 11.8. The second kappa shape index (κ2) is 8.51. The third-order valence-corrected chi connectivity index (χ3v) is 6.94. The van der Waals surface area contributed by atoms with Crippen molar-refractivity contribution in [3.63, 3.8) is 0 Å². The van der Waals surface area contributed by atoms with Crippen LogP contribution in [0.2, 0.25) is 0 Å². The number of hydrogen-bond donors (Lipinski definition) is 2. The number of hydrogen-bond acceptors (Lipinski definition) is 5. The van der Waals surface area contributed by atoms with E-state index < -0.39 is 16.1 Å². The molecule has 6 nitrogen and oxygen atoms in total. The lowest BCUT2D eigenvalue weighted by molar-refractivity contribution is 0.128. The molecule has 1 aliphatic heterocycles. The Bertz CT molecular complexity index is 913. The number of benzene rings is 2. The zero-order valence-corrected chi connectivity index (χ0v) is 17.4. The Morgan fingerprint density at radius 1 is 1.21 bits per heavy atom. The number of methoxy groups -OCH3 is 1. The fourth-order valence-electron chi connectivity index (χ4n) is 3.50. The maximum absolute atomic E-state index is 13.4. The van der Waals surface area contributed by atoms with Gasteiger partial charge in [-0.3, -0.25) is 4.31 Å². The Hall–Kier alpha value is -2.09. The summed E-state index contributed by atoms with van der Waals surface area (Å²) in [5.74, 6) is 0.551. The van der Waals surface area contributed by atoms with Crippen molar-refractivity contribution in [2.24, 2.45) is 0 Å². The van der Waals surface area contributed by atoms with E-state index in [-0.39, 0.29) is 17.5 Å². The van der Waals surface area contributed by atoms with Crippen LogP contribution in [0.25, 0.3) is 0 Å². The van der Waals surface area contributed by atoms with Crippen molar-refractivity contribution in [1.29, 1.82) is 0 Å². The van der Waals surface area contributed by atoms with Gasteiger partial charge in [0.25, 0.3) is 10.0 Å². The zero-order chi connectivity index (χ0) is 20.3. The number of aliphatic hydroxyl groups excluding tert-OH is 1. The number of nitrogens with one attached hydrogen (secondary N) is 1. The normalized spacial score (nSPS) is 19.8. The Balaban J connectivity index is 2.09. The average molecular weight is 405 g/mol. The largest absolute Gasteiger partial charge is 0.497 e. The summed E-state index contributed by atoms with van der Waals surface area (Å²) in [6.45, 7) is 5.01. The predicted octanol–water partition coefficient (Wildman–Crippen LogP) is 3.00. The summed E-state index contributed by atoms with van der Waals surface area (Å²) in [6.07, 6.45) is 0.638. The van der Waals surface area contributed by atoms with Crippen molar-refractivity contribution in [3.8, 4) is 5.75 Å². The zero-order valence-electron chi connectivity index (χ0n) is 16.6. The van der Waals surface area contributed by atoms with Crippen LogP contribution in [0, 0.1) is 6.92 Å². The minimum absolute atomic E-state index is 0.217. The minimum Gasteiger partial charge on any atom is -0.497 e. The van der Waals surface area contributed by atoms with Crippen LogP contribution in [0.5, 0.6) is 5.75 Å². The van der Waals surface area contributed by atoms with Gasteiger partial charge in [-0.2, -0.15) is 0 Å². The fraction of sp³-hybridized carbons (Fsp3) is 0.429. The van der Waals surface area contributed by atoms with E-state index in [4.69, 9.17) is 4.74 Å². The van der Waals surface area contributed by atoms with Crippen LogP contribution in [0.3, 0.4) is 0 Å². The second-order valence-electron chi connectivity index (χ2n) is 7.11. The lowest BCUT2D eigenvalue weighted by Gasteiger charge is -2.25. The number of fused-ring (bicyclic) bond motifs is 1. The van der Waals surface area contributed by atoms with Gasteiger partial charge in [0, 0.05) is 24.2 Å². The predicted molar refractivity (Wildman–Crippen MR) is 110 cm³/mol. The molecule has 0 unspecified atom stereocenters. The second-order valence-corrected chi connectivity index (χ2v) is 8.97. The molecule has 0 fully saturated rings. The van der Waals surface area contributed by atoms with E-state index in [0.717, 1.165) is 18.5 Å². The van der Waals surface area contributed by atoms with Gasteiger partial charge in [-0.15, -0.1) is 0 Å². The minimum atomic E-state index is -3.77. The first-order valence-electron chi connectivity index (χ1n) is 9.57. The topological polar surface area (TPSA) is 78.9 Å². The standard InChI is InChI=1S/C21H28N2O4S/c1-4-12-22-19-11-13-23(28(25,26)17-8-5-15(2)6-9-17)20-14-16(27-3)7-10-18(20)21(19)24/h5-10,14,19,21-22,24H,4,11-13H2,1-3H3/t19-,21-/m1/s1. The molecule has 0 aromatic heterocycles. The van der Waals surface area contributed by atoms with Gasteiger partial charge in [-0.1, -0.05) is 30.7 Å². The highest BCUT2D eigenvalue weighted by molar-refractivity contribution is 7.92. The maximum atomic E-state index is 13.4. The molecule has 2 N–H and O–H groups in total. The molecule has 1 aliphatic rings. The molecule has 28 heavy (non-hydrogen) atoms. The van der Waals surface area contributed by atoms with E-state index in [2.05, 4.69) is 12.2 Å². The summed E-state index contributed by atoms with van der Waals surface area (Å²) in [5.41, 5.74) is 2.05. The molecular formula is C21H28N2O4S. The molecule has 0 saturated heterocycles. The molecule has 7 heteroatoms. The van der Waals surface area contributed by atoms with Crippen LogP contribution in [0.1, 0.15) is 37.0 Å². The molecule has 2 atom stereocenters. The van der Waals surface area contributed by atoms with Crippen molar-refractivity contribution in [2.45, 2.75) is 43.7 Å². The van der Waals surface area contributed by atoms with Crippen LogP contribution in [0.4, 0.5) is 5.69 Å². The van der Waals surface area contributed by atoms with Gasteiger partial charge in [0.15, 0.2) is 0 Å². The van der Waals surface area contributed by atoms with E-state index in [1.807, 2.05) is 6.92 Å². The number of ether oxygens (including phenoxy) is 1. The number of rotatable bonds is 6. The Morgan fingerprint density at radius 3 is 2.57 bits per heavy atom. The van der Waals surface area contributed by atoms with E-state index in [1.54, 1.807) is 49.6 Å². The number of sulfonamides is 1. The highest BCUT2D eigenvalue weighted by Crippen LogP contribution is 2.38. The third-order valence-electron chi connectivity index (χ3n) is 5.11. The van der Waals surface area contributed by atoms with Crippen LogP contribution in [-0.2, 0) is 10.0 Å². The lowest BCUT2D eigenvalue weighted by Crippen LogP contribution is -2.37. The van der Waals surface area contributed by atoms with Crippen LogP contribution < -0.4 is 14.4 Å². The van der Waals surface area contributed by atoms with E-state index in [0.29, 0.717) is 23.4 Å². The van der Waals surface area contributed by atoms with Gasteiger partial charge in [-0.25, -0.2) is 8.42 Å². The molecule has 0 bridgehead atoms. The quantitative estimate of drug-likeness (QED) is 0.774. The molecule has 0 amide bonds. The molecule has 0 aliphatic carbocycles. The molecule has 3 rings (SSSR count). The van der Waals surface area contributed by atoms with Crippen molar-refractivity contribution in [2.75, 3.05) is 24.5 Å². The molecule has 2 aromatic rings. The Labute approximate surface area is 167 Å². The summed E-state index contributed by atoms with van der Waals surface area (Å²) in [4.78, 5) is 0.237. The molecular weight excluding hydrogens is 376 g/mol. The van der Waals surface area contributed by atoms with Crippen molar-refractivity contribution < 1.29 is 18.3 Å². The average Bonchev–Trinajstić information content (AvgIpc) is 2.83. The number of anilines is 1. The van der Waals surface area contributed by atoms with E-state index in [1.165, 1.54) is 4.31 Å². The summed E-state index contributed by atoms with van der Waals surface area (Å²) in [7, 11) is -2.23. The van der Waals surface area contributed by atoms with E-state index >= 15 is 0 Å². The van der Waals surface area contributed by atoms with Crippen molar-refractivity contribution in [3.05, 3.63) is 53.6 Å². The fourth-order valence-corrected chi connectivity index (χ4v) is 5.00. The maximum Gasteiger partial charge on any atom is 0.264 e. The van der Waals surface area contributed by atoms with Gasteiger partial charge in [-0.05, 0) is 44.5 Å². The van der Waals surface area contributed by atoms with Gasteiger partial charge in [0.05, 0.1) is 23.8 Å². The highest BCUT2D eigenvalue weighted by atomic mass is 32.2. The number of nitrogens with zero attached hydrogens (tertiary/aromatic N) is 1.